The lowest BCUT2D eigenvalue weighted by molar-refractivity contribution is -0.113. The van der Waals surface area contributed by atoms with Gasteiger partial charge in [-0.25, -0.2) is 0 Å². The van der Waals surface area contributed by atoms with Gasteiger partial charge < -0.3 is 15.2 Å². The van der Waals surface area contributed by atoms with Crippen molar-refractivity contribution in [1.82, 2.24) is 20.1 Å². The normalized spacial score (nSPS) is 11.8. The van der Waals surface area contributed by atoms with Crippen LogP contribution in [0.5, 0.6) is 0 Å². The summed E-state index contributed by atoms with van der Waals surface area (Å²) >= 11 is 19.3. The van der Waals surface area contributed by atoms with Gasteiger partial charge in [0.05, 0.1) is 22.4 Å². The van der Waals surface area contributed by atoms with Crippen LogP contribution in [0.4, 0.5) is 5.69 Å². The topological polar surface area (TPSA) is 88.9 Å². The molecular weight excluding hydrogens is 493 g/mol. The lowest BCUT2D eigenvalue weighted by Gasteiger charge is -2.15. The Morgan fingerprint density at radius 3 is 2.44 bits per heavy atom. The Bertz CT molecular complexity index is 1120. The minimum Gasteiger partial charge on any atom is -0.342 e. The number of nitrogens with zero attached hydrogens (tertiary/aromatic N) is 3. The molecule has 1 atom stereocenters. The number of hydrogen-bond acceptors (Lipinski definition) is 5. The fourth-order valence-corrected chi connectivity index (χ4v) is 4.52. The summed E-state index contributed by atoms with van der Waals surface area (Å²) in [5.74, 6) is 0.156. The molecule has 168 valence electrons. The highest BCUT2D eigenvalue weighted by atomic mass is 35.5. The van der Waals surface area contributed by atoms with E-state index in [1.807, 2.05) is 18.4 Å². The van der Waals surface area contributed by atoms with Gasteiger partial charge >= 0.3 is 0 Å². The average Bonchev–Trinajstić information content (AvgIpc) is 3.14. The SMILES string of the molecule is CCn1c(SCC(=O)Nc2cc(Cl)cc(Cl)c2)nnc1[C@@H](C)NC(=O)c1ccccc1Cl. The highest BCUT2D eigenvalue weighted by molar-refractivity contribution is 7.99. The second-order valence-electron chi connectivity index (χ2n) is 6.76. The fraction of sp³-hybridized carbons (Fsp3) is 0.238. The Labute approximate surface area is 204 Å². The number of anilines is 1. The number of hydrogen-bond donors (Lipinski definition) is 2. The number of aromatic nitrogens is 3. The summed E-state index contributed by atoms with van der Waals surface area (Å²) in [5.41, 5.74) is 0.901. The molecule has 2 aromatic carbocycles. The summed E-state index contributed by atoms with van der Waals surface area (Å²) < 4.78 is 1.85. The van der Waals surface area contributed by atoms with Crippen LogP contribution in [0.25, 0.3) is 0 Å². The highest BCUT2D eigenvalue weighted by Crippen LogP contribution is 2.24. The molecule has 0 saturated heterocycles. The molecule has 1 heterocycles. The summed E-state index contributed by atoms with van der Waals surface area (Å²) in [6.45, 7) is 4.32. The summed E-state index contributed by atoms with van der Waals surface area (Å²) in [5, 5.41) is 15.9. The van der Waals surface area contributed by atoms with Gasteiger partial charge in [-0.3, -0.25) is 9.59 Å². The Morgan fingerprint density at radius 1 is 1.09 bits per heavy atom. The highest BCUT2D eigenvalue weighted by Gasteiger charge is 2.21. The van der Waals surface area contributed by atoms with E-state index in [0.717, 1.165) is 0 Å². The van der Waals surface area contributed by atoms with Crippen LogP contribution < -0.4 is 10.6 Å². The number of halogens is 3. The Kier molecular flexibility index (Phi) is 8.42. The molecule has 2 N–H and O–H groups in total. The van der Waals surface area contributed by atoms with Crippen LogP contribution in [0.1, 0.15) is 36.1 Å². The maximum Gasteiger partial charge on any atom is 0.253 e. The molecule has 32 heavy (non-hydrogen) atoms. The first kappa shape index (κ1) is 24.4. The van der Waals surface area contributed by atoms with Crippen molar-refractivity contribution in [2.45, 2.75) is 31.6 Å². The van der Waals surface area contributed by atoms with Crippen LogP contribution in [0, 0.1) is 0 Å². The number of rotatable bonds is 8. The monoisotopic (exact) mass is 511 g/mol. The van der Waals surface area contributed by atoms with E-state index in [1.54, 1.807) is 42.5 Å². The average molecular weight is 513 g/mol. The third kappa shape index (κ3) is 6.16. The maximum atomic E-state index is 12.6. The van der Waals surface area contributed by atoms with Crippen LogP contribution in [-0.4, -0.2) is 32.3 Å². The smallest absolute Gasteiger partial charge is 0.253 e. The fourth-order valence-electron chi connectivity index (χ4n) is 2.96. The Morgan fingerprint density at radius 2 is 1.78 bits per heavy atom. The number of carbonyl (C=O) groups is 2. The lowest BCUT2D eigenvalue weighted by Crippen LogP contribution is -2.29. The van der Waals surface area contributed by atoms with E-state index in [2.05, 4.69) is 20.8 Å². The molecule has 11 heteroatoms. The van der Waals surface area contributed by atoms with E-state index in [-0.39, 0.29) is 17.6 Å². The molecule has 3 rings (SSSR count). The number of thioether (sulfide) groups is 1. The van der Waals surface area contributed by atoms with Gasteiger partial charge in [0.2, 0.25) is 5.91 Å². The van der Waals surface area contributed by atoms with Crippen LogP contribution in [0.2, 0.25) is 15.1 Å². The molecule has 3 aromatic rings. The van der Waals surface area contributed by atoms with Crippen LogP contribution >= 0.6 is 46.6 Å². The van der Waals surface area contributed by atoms with E-state index in [4.69, 9.17) is 34.8 Å². The zero-order valence-electron chi connectivity index (χ0n) is 17.2. The first-order chi connectivity index (χ1) is 15.3. The van der Waals surface area contributed by atoms with Gasteiger partial charge in [0.1, 0.15) is 0 Å². The first-order valence-electron chi connectivity index (χ1n) is 9.65. The molecular formula is C21H20Cl3N5O2S. The van der Waals surface area contributed by atoms with Gasteiger partial charge in [0.25, 0.3) is 5.91 Å². The minimum absolute atomic E-state index is 0.114. The second kappa shape index (κ2) is 11.0. The Balaban J connectivity index is 1.64. The predicted octanol–water partition coefficient (Wildman–Crippen LogP) is 5.48. The molecule has 0 unspecified atom stereocenters. The predicted molar refractivity (Wildman–Crippen MR) is 129 cm³/mol. The molecule has 0 bridgehead atoms. The van der Waals surface area contributed by atoms with Gasteiger partial charge in [-0.15, -0.1) is 10.2 Å². The summed E-state index contributed by atoms with van der Waals surface area (Å²) in [7, 11) is 0. The molecule has 0 saturated carbocycles. The standard InChI is InChI=1S/C21H20Cl3N5O2S/c1-3-29-19(12(2)25-20(31)16-6-4-5-7-17(16)24)27-28-21(29)32-11-18(30)26-15-9-13(22)8-14(23)10-15/h4-10,12H,3,11H2,1-2H3,(H,25,31)(H,26,30)/t12-/m1/s1. The Hall–Kier alpha value is -2.26. The molecule has 1 aromatic heterocycles. The molecule has 7 nitrogen and oxygen atoms in total. The van der Waals surface area contributed by atoms with Crippen molar-refractivity contribution in [3.8, 4) is 0 Å². The maximum absolute atomic E-state index is 12.6. The van der Waals surface area contributed by atoms with E-state index < -0.39 is 6.04 Å². The van der Waals surface area contributed by atoms with Gasteiger partial charge in [-0.1, -0.05) is 58.7 Å². The molecule has 0 radical (unpaired) electrons. The number of carbonyl (C=O) groups excluding carboxylic acids is 2. The molecule has 0 aliphatic carbocycles. The second-order valence-corrected chi connectivity index (χ2v) is 8.98. The first-order valence-corrected chi connectivity index (χ1v) is 11.8. The molecule has 2 amide bonds. The van der Waals surface area contributed by atoms with Gasteiger partial charge in [0.15, 0.2) is 11.0 Å². The quantitative estimate of drug-likeness (QED) is 0.390. The molecule has 0 fully saturated rings. The van der Waals surface area contributed by atoms with Crippen molar-refractivity contribution in [3.63, 3.8) is 0 Å². The summed E-state index contributed by atoms with van der Waals surface area (Å²) in [6.07, 6.45) is 0. The number of benzene rings is 2. The number of amides is 2. The van der Waals surface area contributed by atoms with Crippen LogP contribution in [0.3, 0.4) is 0 Å². The van der Waals surface area contributed by atoms with E-state index in [1.165, 1.54) is 11.8 Å². The van der Waals surface area contributed by atoms with Gasteiger partial charge in [-0.2, -0.15) is 0 Å². The molecule has 0 aliphatic heterocycles. The zero-order chi connectivity index (χ0) is 23.3. The summed E-state index contributed by atoms with van der Waals surface area (Å²) in [6, 6.07) is 11.2. The largest absolute Gasteiger partial charge is 0.342 e. The third-order valence-corrected chi connectivity index (χ3v) is 6.13. The van der Waals surface area contributed by atoms with E-state index in [0.29, 0.717) is 43.8 Å². The van der Waals surface area contributed by atoms with E-state index in [9.17, 15) is 9.59 Å². The zero-order valence-corrected chi connectivity index (χ0v) is 20.3. The van der Waals surface area contributed by atoms with Gasteiger partial charge in [-0.05, 0) is 44.2 Å². The summed E-state index contributed by atoms with van der Waals surface area (Å²) in [4.78, 5) is 24.9. The van der Waals surface area contributed by atoms with Crippen LogP contribution in [-0.2, 0) is 11.3 Å². The van der Waals surface area contributed by atoms with Gasteiger partial charge in [0, 0.05) is 22.3 Å². The van der Waals surface area contributed by atoms with E-state index >= 15 is 0 Å². The van der Waals surface area contributed by atoms with Crippen molar-refractivity contribution in [2.24, 2.45) is 0 Å². The lowest BCUT2D eigenvalue weighted by atomic mass is 10.2. The van der Waals surface area contributed by atoms with Crippen molar-refractivity contribution in [1.29, 1.82) is 0 Å². The number of nitrogens with one attached hydrogen (secondary N) is 2. The van der Waals surface area contributed by atoms with Crippen molar-refractivity contribution >= 4 is 64.1 Å². The van der Waals surface area contributed by atoms with Crippen molar-refractivity contribution in [2.75, 3.05) is 11.1 Å². The molecule has 0 aliphatic rings. The van der Waals surface area contributed by atoms with Crippen molar-refractivity contribution in [3.05, 3.63) is 68.9 Å². The minimum atomic E-state index is -0.414. The van der Waals surface area contributed by atoms with Crippen LogP contribution in [0.15, 0.2) is 47.6 Å². The molecule has 0 spiro atoms. The third-order valence-electron chi connectivity index (χ3n) is 4.39. The van der Waals surface area contributed by atoms with Crippen molar-refractivity contribution < 1.29 is 9.59 Å².